The van der Waals surface area contributed by atoms with E-state index in [0.29, 0.717) is 16.7 Å². The maximum Gasteiger partial charge on any atom is 0.136 e. The predicted molar refractivity (Wildman–Crippen MR) is 98.9 cm³/mol. The molecule has 1 aromatic heterocycles. The first-order chi connectivity index (χ1) is 11.1. The first kappa shape index (κ1) is 15.8. The average molecular weight is 390 g/mol. The molecule has 0 spiro atoms. The zero-order valence-corrected chi connectivity index (χ0v) is 14.7. The number of benzene rings is 2. The average Bonchev–Trinajstić information content (AvgIpc) is 2.46. The smallest absolute Gasteiger partial charge is 0.136 e. The van der Waals surface area contributed by atoms with Crippen LogP contribution in [-0.2, 0) is 0 Å². The Labute approximate surface area is 148 Å². The molecule has 0 amide bonds. The highest BCUT2D eigenvalue weighted by Crippen LogP contribution is 2.23. The molecule has 6 heteroatoms. The van der Waals surface area contributed by atoms with Crippen LogP contribution in [0.3, 0.4) is 0 Å². The predicted octanol–water partition coefficient (Wildman–Crippen LogP) is 5.69. The molecule has 23 heavy (non-hydrogen) atoms. The summed E-state index contributed by atoms with van der Waals surface area (Å²) >= 11 is 9.46. The highest BCUT2D eigenvalue weighted by atomic mass is 79.9. The van der Waals surface area contributed by atoms with E-state index < -0.39 is 0 Å². The largest absolute Gasteiger partial charge is 0.340 e. The van der Waals surface area contributed by atoms with Gasteiger partial charge in [-0.1, -0.05) is 39.7 Å². The molecular weight excluding hydrogens is 376 g/mol. The minimum atomic E-state index is 0.674. The van der Waals surface area contributed by atoms with E-state index in [4.69, 9.17) is 11.6 Å². The summed E-state index contributed by atoms with van der Waals surface area (Å²) in [5.74, 6) is 2.10. The SMILES string of the molecule is Cc1nc(Nc2cccc(Cl)c2)cc(Nc2cccc(Br)c2)n1. The van der Waals surface area contributed by atoms with Gasteiger partial charge in [0.2, 0.25) is 0 Å². The van der Waals surface area contributed by atoms with Crippen molar-refractivity contribution < 1.29 is 0 Å². The van der Waals surface area contributed by atoms with Gasteiger partial charge in [0.15, 0.2) is 0 Å². The minimum absolute atomic E-state index is 0.674. The van der Waals surface area contributed by atoms with Gasteiger partial charge < -0.3 is 10.6 Å². The number of rotatable bonds is 4. The Kier molecular flexibility index (Phi) is 4.79. The van der Waals surface area contributed by atoms with Crippen molar-refractivity contribution in [2.75, 3.05) is 10.6 Å². The molecule has 0 bridgehead atoms. The Morgan fingerprint density at radius 1 is 0.870 bits per heavy atom. The molecule has 0 atom stereocenters. The Morgan fingerprint density at radius 2 is 1.48 bits per heavy atom. The summed E-state index contributed by atoms with van der Waals surface area (Å²) in [5, 5.41) is 7.19. The molecule has 0 saturated carbocycles. The summed E-state index contributed by atoms with van der Waals surface area (Å²) in [6, 6.07) is 17.3. The number of nitrogens with zero attached hydrogens (tertiary/aromatic N) is 2. The third-order valence-electron chi connectivity index (χ3n) is 3.03. The highest BCUT2D eigenvalue weighted by molar-refractivity contribution is 9.10. The lowest BCUT2D eigenvalue weighted by Gasteiger charge is -2.10. The van der Waals surface area contributed by atoms with E-state index in [0.717, 1.165) is 21.7 Å². The van der Waals surface area contributed by atoms with Gasteiger partial charge in [-0.3, -0.25) is 0 Å². The van der Waals surface area contributed by atoms with Gasteiger partial charge in [-0.05, 0) is 43.3 Å². The van der Waals surface area contributed by atoms with Gasteiger partial charge in [0.1, 0.15) is 17.5 Å². The topological polar surface area (TPSA) is 49.8 Å². The zero-order chi connectivity index (χ0) is 16.2. The number of anilines is 4. The Hall–Kier alpha value is -2.11. The van der Waals surface area contributed by atoms with Crippen LogP contribution in [0.25, 0.3) is 0 Å². The maximum absolute atomic E-state index is 6.01. The van der Waals surface area contributed by atoms with Crippen molar-refractivity contribution >= 4 is 50.5 Å². The maximum atomic E-state index is 6.01. The normalized spacial score (nSPS) is 10.4. The standard InChI is InChI=1S/C17H14BrClN4/c1-11-20-16(22-14-6-2-4-12(18)8-14)10-17(21-11)23-15-7-3-5-13(19)9-15/h2-10H,1H3,(H2,20,21,22,23). The number of nitrogens with one attached hydrogen (secondary N) is 2. The van der Waals surface area contributed by atoms with E-state index in [1.807, 2.05) is 61.5 Å². The van der Waals surface area contributed by atoms with Crippen molar-refractivity contribution in [2.45, 2.75) is 6.92 Å². The van der Waals surface area contributed by atoms with Crippen LogP contribution in [0.5, 0.6) is 0 Å². The molecule has 0 saturated heterocycles. The quantitative estimate of drug-likeness (QED) is 0.602. The molecule has 3 rings (SSSR count). The molecule has 0 aliphatic heterocycles. The van der Waals surface area contributed by atoms with E-state index in [9.17, 15) is 0 Å². The molecule has 0 unspecified atom stereocenters. The van der Waals surface area contributed by atoms with Crippen LogP contribution in [-0.4, -0.2) is 9.97 Å². The van der Waals surface area contributed by atoms with Gasteiger partial charge in [0.25, 0.3) is 0 Å². The molecule has 116 valence electrons. The molecule has 2 N–H and O–H groups in total. The lowest BCUT2D eigenvalue weighted by molar-refractivity contribution is 1.06. The van der Waals surface area contributed by atoms with Gasteiger partial charge in [0.05, 0.1) is 0 Å². The molecular formula is C17H14BrClN4. The van der Waals surface area contributed by atoms with Crippen LogP contribution in [0.15, 0.2) is 59.1 Å². The summed E-state index contributed by atoms with van der Waals surface area (Å²) in [7, 11) is 0. The summed E-state index contributed by atoms with van der Waals surface area (Å²) in [6.07, 6.45) is 0. The third-order valence-corrected chi connectivity index (χ3v) is 3.76. The van der Waals surface area contributed by atoms with E-state index in [1.54, 1.807) is 0 Å². The molecule has 1 heterocycles. The summed E-state index contributed by atoms with van der Waals surface area (Å²) in [6.45, 7) is 1.86. The van der Waals surface area contributed by atoms with E-state index in [-0.39, 0.29) is 0 Å². The van der Waals surface area contributed by atoms with E-state index in [2.05, 4.69) is 36.5 Å². The number of hydrogen-bond acceptors (Lipinski definition) is 4. The Morgan fingerprint density at radius 3 is 2.09 bits per heavy atom. The van der Waals surface area contributed by atoms with Crippen molar-refractivity contribution in [3.63, 3.8) is 0 Å². The molecule has 2 aromatic carbocycles. The zero-order valence-electron chi connectivity index (χ0n) is 12.3. The molecule has 0 aliphatic rings. The second kappa shape index (κ2) is 6.98. The van der Waals surface area contributed by atoms with E-state index in [1.165, 1.54) is 0 Å². The summed E-state index contributed by atoms with van der Waals surface area (Å²) in [4.78, 5) is 8.82. The van der Waals surface area contributed by atoms with E-state index >= 15 is 0 Å². The lowest BCUT2D eigenvalue weighted by atomic mass is 10.3. The van der Waals surface area contributed by atoms with Gasteiger partial charge in [0, 0.05) is 26.9 Å². The van der Waals surface area contributed by atoms with Crippen LogP contribution in [0.4, 0.5) is 23.0 Å². The van der Waals surface area contributed by atoms with Gasteiger partial charge in [-0.15, -0.1) is 0 Å². The van der Waals surface area contributed by atoms with Crippen molar-refractivity contribution in [3.8, 4) is 0 Å². The van der Waals surface area contributed by atoms with Crippen LogP contribution in [0.2, 0.25) is 5.02 Å². The van der Waals surface area contributed by atoms with Gasteiger partial charge in [-0.25, -0.2) is 9.97 Å². The fraction of sp³-hybridized carbons (Fsp3) is 0.0588. The lowest BCUT2D eigenvalue weighted by Crippen LogP contribution is -2.01. The van der Waals surface area contributed by atoms with Crippen molar-refractivity contribution in [1.29, 1.82) is 0 Å². The number of aryl methyl sites for hydroxylation is 1. The van der Waals surface area contributed by atoms with Crippen LogP contribution < -0.4 is 10.6 Å². The summed E-state index contributed by atoms with van der Waals surface area (Å²) < 4.78 is 1.01. The van der Waals surface area contributed by atoms with Gasteiger partial charge in [-0.2, -0.15) is 0 Å². The number of aromatic nitrogens is 2. The molecule has 3 aromatic rings. The first-order valence-electron chi connectivity index (χ1n) is 6.99. The fourth-order valence-electron chi connectivity index (χ4n) is 2.12. The number of hydrogen-bond donors (Lipinski definition) is 2. The van der Waals surface area contributed by atoms with Crippen LogP contribution in [0.1, 0.15) is 5.82 Å². The molecule has 0 fully saturated rings. The van der Waals surface area contributed by atoms with Crippen LogP contribution >= 0.6 is 27.5 Å². The van der Waals surface area contributed by atoms with Crippen molar-refractivity contribution in [3.05, 3.63) is 69.9 Å². The first-order valence-corrected chi connectivity index (χ1v) is 8.16. The fourth-order valence-corrected chi connectivity index (χ4v) is 2.71. The highest BCUT2D eigenvalue weighted by Gasteiger charge is 2.04. The number of halogens is 2. The molecule has 0 aliphatic carbocycles. The minimum Gasteiger partial charge on any atom is -0.340 e. The second-order valence-corrected chi connectivity index (χ2v) is 6.31. The summed E-state index contributed by atoms with van der Waals surface area (Å²) in [5.41, 5.74) is 1.83. The monoisotopic (exact) mass is 388 g/mol. The molecule has 0 radical (unpaired) electrons. The van der Waals surface area contributed by atoms with Crippen molar-refractivity contribution in [1.82, 2.24) is 9.97 Å². The van der Waals surface area contributed by atoms with Gasteiger partial charge >= 0.3 is 0 Å². The Balaban J connectivity index is 1.84. The molecule has 4 nitrogen and oxygen atoms in total. The van der Waals surface area contributed by atoms with Crippen LogP contribution in [0, 0.1) is 6.92 Å². The van der Waals surface area contributed by atoms with Crippen molar-refractivity contribution in [2.24, 2.45) is 0 Å². The Bertz CT molecular complexity index is 773. The third kappa shape index (κ3) is 4.43. The second-order valence-electron chi connectivity index (χ2n) is 4.96.